The van der Waals surface area contributed by atoms with E-state index in [2.05, 4.69) is 20.9 Å². The zero-order chi connectivity index (χ0) is 10.1. The molecule has 3 nitrogen and oxygen atoms in total. The lowest BCUT2D eigenvalue weighted by Crippen LogP contribution is -2.24. The predicted molar refractivity (Wildman–Crippen MR) is 53.9 cm³/mol. The third-order valence-corrected chi connectivity index (χ3v) is 2.69. The van der Waals surface area contributed by atoms with Crippen LogP contribution in [0.2, 0.25) is 0 Å². The zero-order valence-corrected chi connectivity index (χ0v) is 8.87. The molecule has 2 rings (SSSR count). The fourth-order valence-electron chi connectivity index (χ4n) is 1.46. The molecule has 0 aromatic carbocycles. The summed E-state index contributed by atoms with van der Waals surface area (Å²) in [5.41, 5.74) is 0.525. The topological polar surface area (TPSA) is 33.2 Å². The van der Waals surface area contributed by atoms with Gasteiger partial charge < -0.3 is 4.90 Å². The molecule has 1 aliphatic rings. The van der Waals surface area contributed by atoms with Gasteiger partial charge in [-0.3, -0.25) is 9.78 Å². The van der Waals surface area contributed by atoms with Crippen LogP contribution in [0.3, 0.4) is 0 Å². The van der Waals surface area contributed by atoms with Crippen LogP contribution in [0.15, 0.2) is 18.5 Å². The van der Waals surface area contributed by atoms with E-state index in [0.717, 1.165) is 6.20 Å². The molecule has 14 heavy (non-hydrogen) atoms. The highest BCUT2D eigenvalue weighted by molar-refractivity contribution is 9.09. The molecule has 0 aliphatic carbocycles. The largest absolute Gasteiger partial charge is 0.310 e. The van der Waals surface area contributed by atoms with Gasteiger partial charge in [-0.2, -0.15) is 0 Å². The molecular formula is C9H8BrFN2O. The number of nitrogens with zero attached hydrogens (tertiary/aromatic N) is 2. The van der Waals surface area contributed by atoms with Gasteiger partial charge in [-0.25, -0.2) is 4.39 Å². The van der Waals surface area contributed by atoms with E-state index in [-0.39, 0.29) is 10.7 Å². The van der Waals surface area contributed by atoms with E-state index in [9.17, 15) is 9.18 Å². The van der Waals surface area contributed by atoms with E-state index in [1.54, 1.807) is 0 Å². The van der Waals surface area contributed by atoms with Crippen LogP contribution in [0.1, 0.15) is 6.42 Å². The molecule has 1 aromatic rings. The highest BCUT2D eigenvalue weighted by Crippen LogP contribution is 2.24. The van der Waals surface area contributed by atoms with Crippen LogP contribution in [0.25, 0.3) is 0 Å². The van der Waals surface area contributed by atoms with Crippen molar-refractivity contribution < 1.29 is 9.18 Å². The standard InChI is InChI=1S/C9H8BrFN2O/c10-6-1-9(14)13(5-6)8-2-7(11)3-12-4-8/h2-4,6H,1,5H2. The minimum absolute atomic E-state index is 0.000671. The van der Waals surface area contributed by atoms with Gasteiger partial charge in [0.2, 0.25) is 5.91 Å². The fourth-order valence-corrected chi connectivity index (χ4v) is 2.03. The number of amides is 1. The van der Waals surface area contributed by atoms with E-state index in [4.69, 9.17) is 0 Å². The minimum Gasteiger partial charge on any atom is -0.310 e. The Morgan fingerprint density at radius 2 is 2.36 bits per heavy atom. The van der Waals surface area contributed by atoms with E-state index in [0.29, 0.717) is 18.7 Å². The highest BCUT2D eigenvalue weighted by atomic mass is 79.9. The number of carbonyl (C=O) groups is 1. The van der Waals surface area contributed by atoms with Gasteiger partial charge in [0, 0.05) is 23.9 Å². The molecule has 0 radical (unpaired) electrons. The summed E-state index contributed by atoms with van der Waals surface area (Å²) in [5, 5.41) is 0. The summed E-state index contributed by atoms with van der Waals surface area (Å²) in [6.07, 6.45) is 3.07. The van der Waals surface area contributed by atoms with Gasteiger partial charge in [0.25, 0.3) is 0 Å². The van der Waals surface area contributed by atoms with Crippen LogP contribution in [0, 0.1) is 5.82 Å². The lowest BCUT2D eigenvalue weighted by molar-refractivity contribution is -0.117. The van der Waals surface area contributed by atoms with Gasteiger partial charge >= 0.3 is 0 Å². The molecule has 1 aliphatic heterocycles. The lowest BCUT2D eigenvalue weighted by Gasteiger charge is -2.14. The van der Waals surface area contributed by atoms with Gasteiger partial charge in [-0.05, 0) is 0 Å². The van der Waals surface area contributed by atoms with Crippen LogP contribution in [-0.2, 0) is 4.79 Å². The van der Waals surface area contributed by atoms with Crippen LogP contribution in [0.5, 0.6) is 0 Å². The van der Waals surface area contributed by atoms with Crippen molar-refractivity contribution in [3.63, 3.8) is 0 Å². The average molecular weight is 259 g/mol. The molecule has 0 spiro atoms. The van der Waals surface area contributed by atoms with Crippen molar-refractivity contribution in [1.82, 2.24) is 4.98 Å². The van der Waals surface area contributed by atoms with Crippen LogP contribution in [-0.4, -0.2) is 22.3 Å². The number of pyridine rings is 1. The van der Waals surface area contributed by atoms with Crippen LogP contribution in [0.4, 0.5) is 10.1 Å². The maximum Gasteiger partial charge on any atom is 0.228 e. The molecule has 5 heteroatoms. The Balaban J connectivity index is 2.27. The Hall–Kier alpha value is -0.970. The van der Waals surface area contributed by atoms with E-state index >= 15 is 0 Å². The minimum atomic E-state index is -0.423. The second kappa shape index (κ2) is 3.65. The third kappa shape index (κ3) is 1.77. The number of hydrogen-bond donors (Lipinski definition) is 0. The molecule has 1 amide bonds. The summed E-state index contributed by atoms with van der Waals surface area (Å²) < 4.78 is 12.8. The van der Waals surface area contributed by atoms with Crippen LogP contribution < -0.4 is 4.90 Å². The number of carbonyl (C=O) groups excluding carboxylic acids is 1. The van der Waals surface area contributed by atoms with Crippen LogP contribution >= 0.6 is 15.9 Å². The number of alkyl halides is 1. The van der Waals surface area contributed by atoms with E-state index in [1.807, 2.05) is 0 Å². The summed E-state index contributed by atoms with van der Waals surface area (Å²) in [5.74, 6) is -0.424. The maximum absolute atomic E-state index is 12.8. The SMILES string of the molecule is O=C1CC(Br)CN1c1cncc(F)c1. The normalized spacial score (nSPS) is 21.7. The molecule has 0 bridgehead atoms. The monoisotopic (exact) mass is 258 g/mol. The Bertz CT molecular complexity index is 372. The highest BCUT2D eigenvalue weighted by Gasteiger charge is 2.28. The predicted octanol–water partition coefficient (Wildman–Crippen LogP) is 1.72. The Morgan fingerprint density at radius 3 is 2.93 bits per heavy atom. The summed E-state index contributed by atoms with van der Waals surface area (Å²) in [7, 11) is 0. The first-order valence-corrected chi connectivity index (χ1v) is 5.13. The molecular weight excluding hydrogens is 251 g/mol. The first-order chi connectivity index (χ1) is 6.66. The van der Waals surface area contributed by atoms with E-state index in [1.165, 1.54) is 17.2 Å². The molecule has 1 atom stereocenters. The third-order valence-electron chi connectivity index (χ3n) is 2.08. The summed E-state index contributed by atoms with van der Waals surface area (Å²) in [6.45, 7) is 0.573. The quantitative estimate of drug-likeness (QED) is 0.719. The van der Waals surface area contributed by atoms with Crippen molar-refractivity contribution in [3.8, 4) is 0 Å². The molecule has 0 saturated carbocycles. The molecule has 74 valence electrons. The summed E-state index contributed by atoms with van der Waals surface area (Å²) in [6, 6.07) is 1.32. The first-order valence-electron chi connectivity index (χ1n) is 4.22. The van der Waals surface area contributed by atoms with Crippen molar-refractivity contribution in [2.45, 2.75) is 11.2 Å². The smallest absolute Gasteiger partial charge is 0.228 e. The van der Waals surface area contributed by atoms with Crippen molar-refractivity contribution >= 4 is 27.5 Å². The van der Waals surface area contributed by atoms with Gasteiger partial charge in [-0.15, -0.1) is 0 Å². The van der Waals surface area contributed by atoms with Gasteiger partial charge in [0.05, 0.1) is 18.1 Å². The molecule has 1 saturated heterocycles. The number of rotatable bonds is 1. The Labute approximate surface area is 89.1 Å². The van der Waals surface area contributed by atoms with Gasteiger partial charge in [0.15, 0.2) is 0 Å². The van der Waals surface area contributed by atoms with E-state index < -0.39 is 5.82 Å². The number of aromatic nitrogens is 1. The van der Waals surface area contributed by atoms with Crippen molar-refractivity contribution in [1.29, 1.82) is 0 Å². The molecule has 1 fully saturated rings. The maximum atomic E-state index is 12.8. The van der Waals surface area contributed by atoms with Crippen molar-refractivity contribution in [2.75, 3.05) is 11.4 Å². The number of halogens is 2. The van der Waals surface area contributed by atoms with Gasteiger partial charge in [-0.1, -0.05) is 15.9 Å². The first kappa shape index (κ1) is 9.58. The summed E-state index contributed by atoms with van der Waals surface area (Å²) >= 11 is 3.36. The summed E-state index contributed by atoms with van der Waals surface area (Å²) in [4.78, 5) is 16.8. The molecule has 1 aromatic heterocycles. The second-order valence-electron chi connectivity index (χ2n) is 3.17. The molecule has 0 N–H and O–H groups in total. The van der Waals surface area contributed by atoms with Crippen molar-refractivity contribution in [3.05, 3.63) is 24.3 Å². The number of hydrogen-bond acceptors (Lipinski definition) is 2. The van der Waals surface area contributed by atoms with Gasteiger partial charge in [0.1, 0.15) is 5.82 Å². The molecule has 1 unspecified atom stereocenters. The Morgan fingerprint density at radius 1 is 1.57 bits per heavy atom. The Kier molecular flexibility index (Phi) is 2.50. The fraction of sp³-hybridized carbons (Fsp3) is 0.333. The van der Waals surface area contributed by atoms with Crippen molar-refractivity contribution in [2.24, 2.45) is 0 Å². The lowest BCUT2D eigenvalue weighted by atomic mass is 10.4. The molecule has 2 heterocycles. The average Bonchev–Trinajstić information content (AvgIpc) is 2.45. The second-order valence-corrected chi connectivity index (χ2v) is 4.46. The zero-order valence-electron chi connectivity index (χ0n) is 7.28. The number of anilines is 1.